The summed E-state index contributed by atoms with van der Waals surface area (Å²) in [6, 6.07) is 17.5. The number of para-hydroxylation sites is 1. The van der Waals surface area contributed by atoms with E-state index in [1.807, 2.05) is 54.6 Å². The number of benzene rings is 2. The Morgan fingerprint density at radius 1 is 1.07 bits per heavy atom. The maximum Gasteiger partial charge on any atom is 0.294 e. The van der Waals surface area contributed by atoms with Crippen LogP contribution in [0.4, 0.5) is 11.5 Å². The lowest BCUT2D eigenvalue weighted by molar-refractivity contribution is 0.721. The van der Waals surface area contributed by atoms with Crippen LogP contribution in [0.15, 0.2) is 59.4 Å². The third-order valence-electron chi connectivity index (χ3n) is 4.30. The van der Waals surface area contributed by atoms with Crippen molar-refractivity contribution in [3.63, 3.8) is 0 Å². The Hall–Kier alpha value is -2.81. The van der Waals surface area contributed by atoms with Gasteiger partial charge in [-0.1, -0.05) is 79.6 Å². The van der Waals surface area contributed by atoms with Gasteiger partial charge in [0.15, 0.2) is 11.0 Å². The van der Waals surface area contributed by atoms with Gasteiger partial charge in [-0.25, -0.2) is 4.98 Å². The molecule has 0 bridgehead atoms. The second-order valence-electron chi connectivity index (χ2n) is 7.88. The fourth-order valence-corrected chi connectivity index (χ4v) is 3.44. The molecule has 6 heteroatoms. The van der Waals surface area contributed by atoms with E-state index in [1.165, 1.54) is 0 Å². The summed E-state index contributed by atoms with van der Waals surface area (Å²) in [4.78, 5) is 17.4. The van der Waals surface area contributed by atoms with Crippen molar-refractivity contribution >= 4 is 31.2 Å². The van der Waals surface area contributed by atoms with Gasteiger partial charge in [0.1, 0.15) is 8.07 Å². The Balaban J connectivity index is 2.01. The minimum atomic E-state index is -1.53. The summed E-state index contributed by atoms with van der Waals surface area (Å²) in [6.07, 6.45) is 0. The summed E-state index contributed by atoms with van der Waals surface area (Å²) in [7, 11) is -1.53. The van der Waals surface area contributed by atoms with Gasteiger partial charge in [0.05, 0.1) is 17.9 Å². The first-order valence-electron chi connectivity index (χ1n) is 9.45. The van der Waals surface area contributed by atoms with E-state index in [0.717, 1.165) is 16.8 Å². The van der Waals surface area contributed by atoms with Crippen molar-refractivity contribution in [2.24, 2.45) is 0 Å². The number of nitrogens with zero attached hydrogens (tertiary/aromatic N) is 2. The number of nitrogens with one attached hydrogen (secondary N) is 1. The average molecular weight is 422 g/mol. The predicted octanol–water partition coefficient (Wildman–Crippen LogP) is 5.23. The highest BCUT2D eigenvalue weighted by Crippen LogP contribution is 2.20. The van der Waals surface area contributed by atoms with Crippen molar-refractivity contribution in [1.82, 2.24) is 9.55 Å². The van der Waals surface area contributed by atoms with E-state index in [0.29, 0.717) is 17.4 Å². The molecular weight excluding hydrogens is 398 g/mol. The summed E-state index contributed by atoms with van der Waals surface area (Å²) in [5.74, 6) is 3.45. The molecule has 0 amide bonds. The third kappa shape index (κ3) is 5.38. The van der Waals surface area contributed by atoms with Gasteiger partial charge in [-0.15, -0.1) is 5.54 Å². The second kappa shape index (κ2) is 8.69. The zero-order valence-corrected chi connectivity index (χ0v) is 18.8. The molecule has 0 fully saturated rings. The van der Waals surface area contributed by atoms with E-state index in [2.05, 4.69) is 41.4 Å². The number of rotatable bonds is 4. The molecule has 0 unspecified atom stereocenters. The average Bonchev–Trinajstić information content (AvgIpc) is 2.69. The number of halogens is 1. The van der Waals surface area contributed by atoms with Crippen LogP contribution in [-0.4, -0.2) is 17.6 Å². The van der Waals surface area contributed by atoms with Crippen LogP contribution in [0.3, 0.4) is 0 Å². The van der Waals surface area contributed by atoms with Gasteiger partial charge in [0.25, 0.3) is 5.56 Å². The Bertz CT molecular complexity index is 1140. The van der Waals surface area contributed by atoms with Crippen LogP contribution in [0, 0.1) is 18.4 Å². The number of hydrogen-bond acceptors (Lipinski definition) is 3. The van der Waals surface area contributed by atoms with Crippen molar-refractivity contribution in [2.45, 2.75) is 33.1 Å². The number of hydrogen-bond donors (Lipinski definition) is 1. The lowest BCUT2D eigenvalue weighted by atomic mass is 10.2. The van der Waals surface area contributed by atoms with E-state index in [1.54, 1.807) is 11.5 Å². The molecule has 0 spiro atoms. The van der Waals surface area contributed by atoms with E-state index >= 15 is 0 Å². The topological polar surface area (TPSA) is 46.9 Å². The van der Waals surface area contributed by atoms with Gasteiger partial charge in [-0.3, -0.25) is 4.79 Å². The number of anilines is 2. The van der Waals surface area contributed by atoms with Crippen LogP contribution in [0.25, 0.3) is 0 Å². The molecule has 0 saturated heterocycles. The fourth-order valence-electron chi connectivity index (χ4n) is 2.74. The van der Waals surface area contributed by atoms with Crippen LogP contribution >= 0.6 is 11.6 Å². The fraction of sp³-hybridized carbons (Fsp3) is 0.217. The Labute approximate surface area is 177 Å². The van der Waals surface area contributed by atoms with E-state index in [4.69, 9.17) is 11.6 Å². The molecule has 0 aliphatic carbocycles. The van der Waals surface area contributed by atoms with Crippen molar-refractivity contribution in [2.75, 3.05) is 5.32 Å². The molecule has 148 valence electrons. The van der Waals surface area contributed by atoms with Crippen LogP contribution in [0.5, 0.6) is 0 Å². The van der Waals surface area contributed by atoms with Crippen LogP contribution in [0.2, 0.25) is 24.8 Å². The van der Waals surface area contributed by atoms with E-state index < -0.39 is 8.07 Å². The normalized spacial score (nSPS) is 10.9. The summed E-state index contributed by atoms with van der Waals surface area (Å²) in [6.45, 7) is 8.81. The SMILES string of the molecule is Cc1c(Cl)nc(Nc2ccccc2C#C[Si](C)(C)C)c(=O)n1Cc1ccccc1. The van der Waals surface area contributed by atoms with Crippen molar-refractivity contribution < 1.29 is 0 Å². The second-order valence-corrected chi connectivity index (χ2v) is 13.0. The molecule has 0 saturated carbocycles. The molecule has 2 aromatic carbocycles. The molecule has 3 rings (SSSR count). The molecule has 1 aromatic heterocycles. The zero-order chi connectivity index (χ0) is 21.0. The highest BCUT2D eigenvalue weighted by Gasteiger charge is 2.14. The first-order valence-corrected chi connectivity index (χ1v) is 13.3. The molecule has 0 atom stereocenters. The van der Waals surface area contributed by atoms with Gasteiger partial charge >= 0.3 is 0 Å². The largest absolute Gasteiger partial charge is 0.335 e. The molecule has 0 radical (unpaired) electrons. The maximum absolute atomic E-state index is 13.1. The predicted molar refractivity (Wildman–Crippen MR) is 124 cm³/mol. The molecule has 3 aromatic rings. The molecule has 0 aliphatic heterocycles. The van der Waals surface area contributed by atoms with Crippen LogP contribution in [-0.2, 0) is 6.54 Å². The Morgan fingerprint density at radius 2 is 1.72 bits per heavy atom. The maximum atomic E-state index is 13.1. The standard InChI is InChI=1S/C23H24ClN3OSi/c1-17-21(24)26-22(23(28)27(17)16-18-10-6-5-7-11-18)25-20-13-9-8-12-19(20)14-15-29(2,3)4/h5-13H,16H2,1-4H3,(H,25,26). The highest BCUT2D eigenvalue weighted by atomic mass is 35.5. The minimum absolute atomic E-state index is 0.193. The van der Waals surface area contributed by atoms with Gasteiger partial charge in [0.2, 0.25) is 0 Å². The van der Waals surface area contributed by atoms with Crippen molar-refractivity contribution in [3.8, 4) is 11.5 Å². The van der Waals surface area contributed by atoms with E-state index in [-0.39, 0.29) is 11.4 Å². The quantitative estimate of drug-likeness (QED) is 0.463. The molecule has 1 heterocycles. The molecule has 1 N–H and O–H groups in total. The first-order chi connectivity index (χ1) is 13.7. The molecule has 29 heavy (non-hydrogen) atoms. The van der Waals surface area contributed by atoms with E-state index in [9.17, 15) is 4.79 Å². The lowest BCUT2D eigenvalue weighted by Crippen LogP contribution is -2.27. The summed E-state index contributed by atoms with van der Waals surface area (Å²) >= 11 is 6.35. The highest BCUT2D eigenvalue weighted by molar-refractivity contribution is 6.83. The zero-order valence-electron chi connectivity index (χ0n) is 17.1. The van der Waals surface area contributed by atoms with Gasteiger partial charge in [-0.05, 0) is 24.6 Å². The van der Waals surface area contributed by atoms with Crippen LogP contribution < -0.4 is 10.9 Å². The lowest BCUT2D eigenvalue weighted by Gasteiger charge is -2.15. The van der Waals surface area contributed by atoms with Crippen LogP contribution in [0.1, 0.15) is 16.8 Å². The summed E-state index contributed by atoms with van der Waals surface area (Å²) < 4.78 is 1.64. The molecular formula is C23H24ClN3OSi. The van der Waals surface area contributed by atoms with Gasteiger partial charge in [-0.2, -0.15) is 0 Å². The Kier molecular flexibility index (Phi) is 6.26. The van der Waals surface area contributed by atoms with Gasteiger partial charge in [0, 0.05) is 5.56 Å². The van der Waals surface area contributed by atoms with Gasteiger partial charge < -0.3 is 9.88 Å². The summed E-state index contributed by atoms with van der Waals surface area (Å²) in [5, 5.41) is 3.46. The smallest absolute Gasteiger partial charge is 0.294 e. The number of aromatic nitrogens is 2. The monoisotopic (exact) mass is 421 g/mol. The summed E-state index contributed by atoms with van der Waals surface area (Å²) in [5.41, 5.74) is 6.38. The minimum Gasteiger partial charge on any atom is -0.335 e. The molecule has 0 aliphatic rings. The van der Waals surface area contributed by atoms with Crippen molar-refractivity contribution in [3.05, 3.63) is 86.9 Å². The Morgan fingerprint density at radius 3 is 2.41 bits per heavy atom. The molecule has 4 nitrogen and oxygen atoms in total. The van der Waals surface area contributed by atoms with Crippen molar-refractivity contribution in [1.29, 1.82) is 0 Å². The third-order valence-corrected chi connectivity index (χ3v) is 5.53. The first kappa shape index (κ1) is 20.9.